The van der Waals surface area contributed by atoms with Crippen LogP contribution < -0.4 is 4.74 Å². The third-order valence-corrected chi connectivity index (χ3v) is 25.2. The predicted molar refractivity (Wildman–Crippen MR) is 290 cm³/mol. The van der Waals surface area contributed by atoms with Crippen molar-refractivity contribution in [3.63, 3.8) is 0 Å². The minimum Gasteiger partial charge on any atom is -0.744 e. The number of benzene rings is 1. The van der Waals surface area contributed by atoms with Crippen LogP contribution in [0.25, 0.3) is 0 Å². The molecule has 0 atom stereocenters. The van der Waals surface area contributed by atoms with Crippen LogP contribution in [-0.4, -0.2) is 82.3 Å². The highest BCUT2D eigenvalue weighted by atomic mass is 32.2. The smallest absolute Gasteiger partial charge is 0.136 e. The Morgan fingerprint density at radius 1 is 0.369 bits per heavy atom. The lowest BCUT2D eigenvalue weighted by atomic mass is 10.0. The van der Waals surface area contributed by atoms with Gasteiger partial charge in [-0.2, -0.15) is 0 Å². The van der Waals surface area contributed by atoms with E-state index in [9.17, 15) is 25.9 Å². The zero-order valence-corrected chi connectivity index (χ0v) is 48.0. The lowest BCUT2D eigenvalue weighted by Gasteiger charge is -2.28. The van der Waals surface area contributed by atoms with Crippen LogP contribution in [0.2, 0.25) is 0 Å². The Morgan fingerprint density at radius 2 is 0.615 bits per heavy atom. The van der Waals surface area contributed by atoms with Crippen molar-refractivity contribution in [3.8, 4) is 5.75 Å². The van der Waals surface area contributed by atoms with Crippen molar-refractivity contribution in [2.24, 2.45) is 0 Å². The van der Waals surface area contributed by atoms with E-state index < -0.39 is 44.6 Å². The van der Waals surface area contributed by atoms with E-state index in [0.29, 0.717) is 18.9 Å². The number of aryl methyl sites for hydroxylation is 1. The summed E-state index contributed by atoms with van der Waals surface area (Å²) < 4.78 is 73.7. The molecule has 0 amide bonds. The molecule has 0 N–H and O–H groups in total. The van der Waals surface area contributed by atoms with Crippen LogP contribution in [0.5, 0.6) is 5.75 Å². The topological polar surface area (TPSA) is 124 Å². The highest BCUT2D eigenvalue weighted by molar-refractivity contribution is 7.86. The van der Waals surface area contributed by atoms with Crippen LogP contribution in [-0.2, 0) is 26.7 Å². The summed E-state index contributed by atoms with van der Waals surface area (Å²) in [6.45, 7) is 21.1. The van der Waals surface area contributed by atoms with Crippen LogP contribution >= 0.6 is 14.5 Å². The molecule has 0 heterocycles. The standard InChI is InChI=1S/C22H38O7S2.2C16H36P/c1-3-4-5-6-7-8-9-10-11-12-13-14-15-16-19-17-20(29-2)22(31(26,27)28)18-21(19)30(23,24)25;2*1-5-9-13-17(14-10-6-2,15-11-7-3)16-12-8-4/h17-18H,3-16H2,1-2H3,(H,23,24,25)(H,26,27,28);2*5-16H2,1-4H3/q;2*+1/p-2. The van der Waals surface area contributed by atoms with E-state index in [2.05, 4.69) is 62.3 Å². The number of ether oxygens (including phenoxy) is 1. The van der Waals surface area contributed by atoms with Gasteiger partial charge >= 0.3 is 0 Å². The molecule has 1 rings (SSSR count). The first-order valence-corrected chi connectivity index (χ1v) is 35.3. The van der Waals surface area contributed by atoms with Crippen LogP contribution in [0.4, 0.5) is 0 Å². The lowest BCUT2D eigenvalue weighted by Crippen LogP contribution is -2.12. The quantitative estimate of drug-likeness (QED) is 0.0363. The molecule has 0 saturated heterocycles. The van der Waals surface area contributed by atoms with E-state index in [1.54, 1.807) is 49.3 Å². The molecule has 388 valence electrons. The Balaban J connectivity index is 0. The number of hydrogen-bond acceptors (Lipinski definition) is 7. The molecule has 0 saturated carbocycles. The third kappa shape index (κ3) is 33.8. The van der Waals surface area contributed by atoms with Gasteiger partial charge < -0.3 is 13.8 Å². The van der Waals surface area contributed by atoms with Gasteiger partial charge in [-0.3, -0.25) is 0 Å². The maximum absolute atomic E-state index is 11.6. The van der Waals surface area contributed by atoms with E-state index in [4.69, 9.17) is 4.74 Å². The van der Waals surface area contributed by atoms with E-state index >= 15 is 0 Å². The second-order valence-corrected chi connectivity index (χ2v) is 31.0. The molecular weight excluding hydrogens is 887 g/mol. The summed E-state index contributed by atoms with van der Waals surface area (Å²) in [5.41, 5.74) is 0.183. The van der Waals surface area contributed by atoms with Crippen molar-refractivity contribution in [2.75, 3.05) is 56.4 Å². The van der Waals surface area contributed by atoms with E-state index in [1.165, 1.54) is 174 Å². The Kier molecular flexibility index (Phi) is 43.7. The predicted octanol–water partition coefficient (Wildman–Crippen LogP) is 17.5. The van der Waals surface area contributed by atoms with Gasteiger partial charge in [-0.15, -0.1) is 0 Å². The second-order valence-electron chi connectivity index (χ2n) is 19.3. The highest BCUT2D eigenvalue weighted by Crippen LogP contribution is 2.62. The van der Waals surface area contributed by atoms with Crippen molar-refractivity contribution in [2.45, 2.75) is 265 Å². The Morgan fingerprint density at radius 3 is 0.846 bits per heavy atom. The zero-order valence-electron chi connectivity index (χ0n) is 44.6. The minimum absolute atomic E-state index is 0.183. The van der Waals surface area contributed by atoms with Gasteiger partial charge in [0.05, 0.1) is 66.2 Å². The average Bonchev–Trinajstić information content (AvgIpc) is 3.29. The molecule has 0 aliphatic carbocycles. The molecule has 0 aliphatic rings. The molecular formula is C54H108O7P2S2. The summed E-state index contributed by atoms with van der Waals surface area (Å²) in [4.78, 5) is -1.50. The van der Waals surface area contributed by atoms with Crippen LogP contribution in [0.1, 0.15) is 254 Å². The Labute approximate surface area is 408 Å². The molecule has 1 aromatic rings. The Bertz CT molecular complexity index is 1340. The van der Waals surface area contributed by atoms with Crippen molar-refractivity contribution >= 4 is 34.8 Å². The fourth-order valence-corrected chi connectivity index (χ4v) is 21.0. The number of unbranched alkanes of at least 4 members (excludes halogenated alkanes) is 20. The fraction of sp³-hybridized carbons (Fsp3) is 0.889. The molecule has 0 fully saturated rings. The van der Waals surface area contributed by atoms with Gasteiger partial charge in [-0.1, -0.05) is 191 Å². The summed E-state index contributed by atoms with van der Waals surface area (Å²) >= 11 is 0. The number of rotatable bonds is 41. The van der Waals surface area contributed by atoms with E-state index in [1.807, 2.05) is 0 Å². The van der Waals surface area contributed by atoms with Gasteiger partial charge in [0.15, 0.2) is 0 Å². The molecule has 11 heteroatoms. The molecule has 1 aromatic carbocycles. The molecule has 0 bridgehead atoms. The average molecular weight is 996 g/mol. The number of methoxy groups -OCH3 is 1. The highest BCUT2D eigenvalue weighted by Gasteiger charge is 2.35. The van der Waals surface area contributed by atoms with Crippen LogP contribution in [0.3, 0.4) is 0 Å². The summed E-state index contributed by atoms with van der Waals surface area (Å²) in [5.74, 6) is -0.243. The first-order chi connectivity index (χ1) is 31.1. The molecule has 0 aromatic heterocycles. The van der Waals surface area contributed by atoms with Crippen LogP contribution in [0, 0.1) is 0 Å². The molecule has 7 nitrogen and oxygen atoms in total. The molecule has 0 radical (unpaired) electrons. The summed E-state index contributed by atoms with van der Waals surface area (Å²) in [5, 5.41) is 0. The Hall–Kier alpha value is -0.300. The van der Waals surface area contributed by atoms with Crippen molar-refractivity contribution < 1.29 is 30.7 Å². The third-order valence-electron chi connectivity index (χ3n) is 13.3. The van der Waals surface area contributed by atoms with Crippen molar-refractivity contribution in [1.82, 2.24) is 0 Å². The molecule has 0 unspecified atom stereocenters. The summed E-state index contributed by atoms with van der Waals surface area (Å²) in [6.07, 6.45) is 51.4. The fourth-order valence-electron chi connectivity index (χ4n) is 8.99. The summed E-state index contributed by atoms with van der Waals surface area (Å²) in [7, 11) is -9.83. The van der Waals surface area contributed by atoms with E-state index in [0.717, 1.165) is 19.3 Å². The van der Waals surface area contributed by atoms with Crippen LogP contribution in [0.15, 0.2) is 21.9 Å². The zero-order chi connectivity index (χ0) is 49.3. The second kappa shape index (κ2) is 42.6. The van der Waals surface area contributed by atoms with Gasteiger partial charge in [-0.05, 0) is 81.9 Å². The lowest BCUT2D eigenvalue weighted by molar-refractivity contribution is 0.393. The molecule has 65 heavy (non-hydrogen) atoms. The monoisotopic (exact) mass is 995 g/mol. The van der Waals surface area contributed by atoms with E-state index in [-0.39, 0.29) is 11.3 Å². The normalized spacial score (nSPS) is 12.1. The molecule has 0 aliphatic heterocycles. The van der Waals surface area contributed by atoms with Gasteiger partial charge in [0.25, 0.3) is 0 Å². The summed E-state index contributed by atoms with van der Waals surface area (Å²) in [6, 6.07) is 1.80. The van der Waals surface area contributed by atoms with Gasteiger partial charge in [-0.25, -0.2) is 16.8 Å². The maximum atomic E-state index is 11.6. The SMILES string of the molecule is CCCCCCCCCCCCCCCc1cc(OC)c(S(=O)(=O)[O-])cc1S(=O)(=O)[O-].CCCC[P+](CCCC)(CCCC)CCCC.CCCC[P+](CCCC)(CCCC)CCCC. The van der Waals surface area contributed by atoms with Gasteiger partial charge in [0.1, 0.15) is 26.0 Å². The van der Waals surface area contributed by atoms with Gasteiger partial charge in [0, 0.05) is 14.5 Å². The number of hydrogen-bond donors (Lipinski definition) is 0. The minimum atomic E-state index is -4.97. The first-order valence-electron chi connectivity index (χ1n) is 27.4. The van der Waals surface area contributed by atoms with Crippen molar-refractivity contribution in [1.29, 1.82) is 0 Å². The van der Waals surface area contributed by atoms with Crippen molar-refractivity contribution in [3.05, 3.63) is 17.7 Å². The van der Waals surface area contributed by atoms with Gasteiger partial charge in [0.2, 0.25) is 0 Å². The largest absolute Gasteiger partial charge is 0.744 e. The first kappa shape index (κ1) is 66.8. The maximum Gasteiger partial charge on any atom is 0.136 e. The molecule has 0 spiro atoms.